The molecule has 0 aliphatic rings. The fraction of sp³-hybridized carbons (Fsp3) is 0.133. The standard InChI is InChI=1S/C15H15N3O3S/c19-15(8-7-12-4-3-11-22-12)17-10-9-16-13-5-1-2-6-14(13)18(20)21/h1-8,11,16H,9-10H2,(H,17,19)/b8-7+. The maximum absolute atomic E-state index is 11.6. The van der Waals surface area contributed by atoms with E-state index in [0.29, 0.717) is 18.8 Å². The molecule has 1 amide bonds. The van der Waals surface area contributed by atoms with Crippen LogP contribution < -0.4 is 10.6 Å². The molecule has 2 rings (SSSR count). The second kappa shape index (κ2) is 7.94. The van der Waals surface area contributed by atoms with E-state index in [0.717, 1.165) is 4.88 Å². The number of hydrogen-bond donors (Lipinski definition) is 2. The van der Waals surface area contributed by atoms with Crippen LogP contribution in [0.1, 0.15) is 4.88 Å². The molecule has 0 fully saturated rings. The molecule has 0 atom stereocenters. The Balaban J connectivity index is 1.75. The predicted octanol–water partition coefficient (Wildman–Crippen LogP) is 2.90. The van der Waals surface area contributed by atoms with Gasteiger partial charge in [0.2, 0.25) is 5.91 Å². The predicted molar refractivity (Wildman–Crippen MR) is 87.9 cm³/mol. The molecule has 0 aliphatic carbocycles. The molecule has 114 valence electrons. The molecule has 7 heteroatoms. The average Bonchev–Trinajstić information content (AvgIpc) is 3.03. The van der Waals surface area contributed by atoms with Crippen molar-refractivity contribution in [3.63, 3.8) is 0 Å². The molecule has 0 spiro atoms. The number of nitrogens with zero attached hydrogens (tertiary/aromatic N) is 1. The molecule has 6 nitrogen and oxygen atoms in total. The fourth-order valence-electron chi connectivity index (χ4n) is 1.77. The Morgan fingerprint density at radius 2 is 2.05 bits per heavy atom. The van der Waals surface area contributed by atoms with Crippen LogP contribution in [0.5, 0.6) is 0 Å². The quantitative estimate of drug-likeness (QED) is 0.356. The first-order valence-corrected chi connectivity index (χ1v) is 7.51. The summed E-state index contributed by atoms with van der Waals surface area (Å²) < 4.78 is 0. The molecule has 22 heavy (non-hydrogen) atoms. The molecule has 2 N–H and O–H groups in total. The molecule has 0 radical (unpaired) electrons. The summed E-state index contributed by atoms with van der Waals surface area (Å²) >= 11 is 1.55. The van der Waals surface area contributed by atoms with Gasteiger partial charge in [0, 0.05) is 30.1 Å². The highest BCUT2D eigenvalue weighted by molar-refractivity contribution is 7.10. The Morgan fingerprint density at radius 1 is 1.23 bits per heavy atom. The number of para-hydroxylation sites is 2. The molecule has 0 aliphatic heterocycles. The number of amides is 1. The Labute approximate surface area is 131 Å². The Kier molecular flexibility index (Phi) is 5.67. The first-order valence-electron chi connectivity index (χ1n) is 6.63. The fourth-order valence-corrected chi connectivity index (χ4v) is 2.39. The normalized spacial score (nSPS) is 10.5. The molecule has 0 saturated heterocycles. The van der Waals surface area contributed by atoms with Gasteiger partial charge in [0.05, 0.1) is 4.92 Å². The summed E-state index contributed by atoms with van der Waals surface area (Å²) in [6.45, 7) is 0.781. The number of carbonyl (C=O) groups excluding carboxylic acids is 1. The molecule has 2 aromatic rings. The minimum Gasteiger partial charge on any atom is -0.378 e. The highest BCUT2D eigenvalue weighted by atomic mass is 32.1. The van der Waals surface area contributed by atoms with Crippen LogP contribution in [0, 0.1) is 10.1 Å². The SMILES string of the molecule is O=C(/C=C/c1cccs1)NCCNc1ccccc1[N+](=O)[O-]. The van der Waals surface area contributed by atoms with Gasteiger partial charge in [0.15, 0.2) is 0 Å². The van der Waals surface area contributed by atoms with Crippen LogP contribution in [0.25, 0.3) is 6.08 Å². The molecular formula is C15H15N3O3S. The number of benzene rings is 1. The van der Waals surface area contributed by atoms with E-state index in [1.165, 1.54) is 12.1 Å². The van der Waals surface area contributed by atoms with Crippen LogP contribution in [0.15, 0.2) is 47.9 Å². The summed E-state index contributed by atoms with van der Waals surface area (Å²) in [6.07, 6.45) is 3.21. The van der Waals surface area contributed by atoms with Gasteiger partial charge in [0.1, 0.15) is 5.69 Å². The second-order valence-corrected chi connectivity index (χ2v) is 5.32. The van der Waals surface area contributed by atoms with E-state index >= 15 is 0 Å². The van der Waals surface area contributed by atoms with Crippen LogP contribution in [0.4, 0.5) is 11.4 Å². The largest absolute Gasteiger partial charge is 0.378 e. The average molecular weight is 317 g/mol. The van der Waals surface area contributed by atoms with Gasteiger partial charge in [-0.05, 0) is 23.6 Å². The third-order valence-corrected chi connectivity index (χ3v) is 3.62. The molecule has 1 aromatic heterocycles. The first-order chi connectivity index (χ1) is 10.7. The van der Waals surface area contributed by atoms with Crippen molar-refractivity contribution in [2.24, 2.45) is 0 Å². The van der Waals surface area contributed by atoms with E-state index in [4.69, 9.17) is 0 Å². The van der Waals surface area contributed by atoms with E-state index in [1.807, 2.05) is 17.5 Å². The van der Waals surface area contributed by atoms with Gasteiger partial charge in [0.25, 0.3) is 5.69 Å². The summed E-state index contributed by atoms with van der Waals surface area (Å²) in [5, 5.41) is 18.4. The number of nitro benzene ring substituents is 1. The van der Waals surface area contributed by atoms with E-state index in [-0.39, 0.29) is 11.6 Å². The van der Waals surface area contributed by atoms with Crippen molar-refractivity contribution in [1.29, 1.82) is 0 Å². The van der Waals surface area contributed by atoms with Gasteiger partial charge < -0.3 is 10.6 Å². The van der Waals surface area contributed by atoms with Crippen molar-refractivity contribution in [3.8, 4) is 0 Å². The number of thiophene rings is 1. The monoisotopic (exact) mass is 317 g/mol. The van der Waals surface area contributed by atoms with Crippen molar-refractivity contribution in [3.05, 3.63) is 62.8 Å². The topological polar surface area (TPSA) is 84.3 Å². The summed E-state index contributed by atoms with van der Waals surface area (Å²) in [5.74, 6) is -0.197. The zero-order valence-electron chi connectivity index (χ0n) is 11.7. The van der Waals surface area contributed by atoms with Crippen molar-refractivity contribution in [1.82, 2.24) is 5.32 Å². The zero-order chi connectivity index (χ0) is 15.8. The van der Waals surface area contributed by atoms with Crippen molar-refractivity contribution in [2.75, 3.05) is 18.4 Å². The van der Waals surface area contributed by atoms with Gasteiger partial charge >= 0.3 is 0 Å². The number of carbonyl (C=O) groups is 1. The third kappa shape index (κ3) is 4.71. The minimum atomic E-state index is -0.440. The Morgan fingerprint density at radius 3 is 2.77 bits per heavy atom. The number of nitrogens with one attached hydrogen (secondary N) is 2. The third-order valence-electron chi connectivity index (χ3n) is 2.78. The van der Waals surface area contributed by atoms with Crippen LogP contribution in [0.2, 0.25) is 0 Å². The van der Waals surface area contributed by atoms with Gasteiger partial charge in [-0.25, -0.2) is 0 Å². The summed E-state index contributed by atoms with van der Waals surface area (Å²) in [5.41, 5.74) is 0.460. The van der Waals surface area contributed by atoms with Gasteiger partial charge in [-0.1, -0.05) is 18.2 Å². The molecular weight excluding hydrogens is 302 g/mol. The minimum absolute atomic E-state index is 0.0198. The smallest absolute Gasteiger partial charge is 0.292 e. The lowest BCUT2D eigenvalue weighted by Crippen LogP contribution is -2.27. The first kappa shape index (κ1) is 15.7. The van der Waals surface area contributed by atoms with E-state index in [1.54, 1.807) is 35.6 Å². The van der Waals surface area contributed by atoms with Gasteiger partial charge in [-0.2, -0.15) is 0 Å². The number of nitro groups is 1. The highest BCUT2D eigenvalue weighted by Gasteiger charge is 2.11. The Bertz CT molecular complexity index is 668. The maximum atomic E-state index is 11.6. The molecule has 0 unspecified atom stereocenters. The van der Waals surface area contributed by atoms with Crippen molar-refractivity contribution in [2.45, 2.75) is 0 Å². The number of anilines is 1. The van der Waals surface area contributed by atoms with E-state index < -0.39 is 4.92 Å². The number of hydrogen-bond acceptors (Lipinski definition) is 5. The molecule has 1 aromatic carbocycles. The van der Waals surface area contributed by atoms with Crippen LogP contribution in [-0.4, -0.2) is 23.9 Å². The lowest BCUT2D eigenvalue weighted by atomic mass is 10.2. The molecule has 1 heterocycles. The van der Waals surface area contributed by atoms with Crippen molar-refractivity contribution < 1.29 is 9.72 Å². The highest BCUT2D eigenvalue weighted by Crippen LogP contribution is 2.22. The maximum Gasteiger partial charge on any atom is 0.292 e. The van der Waals surface area contributed by atoms with Crippen LogP contribution >= 0.6 is 11.3 Å². The number of rotatable bonds is 7. The van der Waals surface area contributed by atoms with Crippen molar-refractivity contribution >= 4 is 34.7 Å². The van der Waals surface area contributed by atoms with Crippen LogP contribution in [-0.2, 0) is 4.79 Å². The van der Waals surface area contributed by atoms with Crippen LogP contribution in [0.3, 0.4) is 0 Å². The summed E-state index contributed by atoms with van der Waals surface area (Å²) in [4.78, 5) is 23.0. The lowest BCUT2D eigenvalue weighted by molar-refractivity contribution is -0.384. The molecule has 0 saturated carbocycles. The van der Waals surface area contributed by atoms with Gasteiger partial charge in [-0.15, -0.1) is 11.3 Å². The lowest BCUT2D eigenvalue weighted by Gasteiger charge is -2.07. The summed E-state index contributed by atoms with van der Waals surface area (Å²) in [7, 11) is 0. The summed E-state index contributed by atoms with van der Waals surface area (Å²) in [6, 6.07) is 10.2. The van der Waals surface area contributed by atoms with Gasteiger partial charge in [-0.3, -0.25) is 14.9 Å². The molecule has 0 bridgehead atoms. The zero-order valence-corrected chi connectivity index (χ0v) is 12.5. The second-order valence-electron chi connectivity index (χ2n) is 4.34. The Hall–Kier alpha value is -2.67. The van der Waals surface area contributed by atoms with E-state index in [2.05, 4.69) is 10.6 Å². The van der Waals surface area contributed by atoms with E-state index in [9.17, 15) is 14.9 Å².